The molecule has 7 heteroatoms. The molecule has 0 bridgehead atoms. The molecule has 0 unspecified atom stereocenters. The Kier molecular flexibility index (Phi) is 5.87. The predicted molar refractivity (Wildman–Crippen MR) is 144 cm³/mol. The van der Waals surface area contributed by atoms with Gasteiger partial charge in [-0.25, -0.2) is 0 Å². The quantitative estimate of drug-likeness (QED) is 0.305. The van der Waals surface area contributed by atoms with Crippen molar-refractivity contribution in [3.8, 4) is 34.1 Å². The molecule has 0 spiro atoms. The van der Waals surface area contributed by atoms with Gasteiger partial charge in [0.1, 0.15) is 22.0 Å². The minimum atomic E-state index is -4.08. The zero-order valence-electron chi connectivity index (χ0n) is 21.6. The molecule has 3 aromatic rings. The van der Waals surface area contributed by atoms with Crippen LogP contribution in [0, 0.1) is 6.92 Å². The zero-order valence-corrected chi connectivity index (χ0v) is 22.4. The van der Waals surface area contributed by atoms with Crippen LogP contribution in [0.15, 0.2) is 65.6 Å². The van der Waals surface area contributed by atoms with E-state index in [1.54, 1.807) is 24.3 Å². The summed E-state index contributed by atoms with van der Waals surface area (Å²) in [5, 5.41) is 11.4. The van der Waals surface area contributed by atoms with Gasteiger partial charge in [0.15, 0.2) is 11.5 Å². The van der Waals surface area contributed by atoms with Gasteiger partial charge in [-0.05, 0) is 81.7 Å². The van der Waals surface area contributed by atoms with Crippen LogP contribution >= 0.6 is 0 Å². The first-order chi connectivity index (χ1) is 17.4. The van der Waals surface area contributed by atoms with Gasteiger partial charge in [0, 0.05) is 17.0 Å². The third-order valence-electron chi connectivity index (χ3n) is 6.95. The molecule has 0 radical (unpaired) electrons. The van der Waals surface area contributed by atoms with E-state index in [0.717, 1.165) is 33.4 Å². The van der Waals surface area contributed by atoms with Crippen LogP contribution in [0.1, 0.15) is 48.9 Å². The van der Waals surface area contributed by atoms with Gasteiger partial charge in [0.2, 0.25) is 0 Å². The second-order valence-electron chi connectivity index (χ2n) is 10.2. The molecule has 1 aliphatic carbocycles. The summed E-state index contributed by atoms with van der Waals surface area (Å²) in [6.07, 6.45) is 4.28. The van der Waals surface area contributed by atoms with Gasteiger partial charge in [-0.1, -0.05) is 35.9 Å². The number of rotatable bonds is 5. The number of phenolic OH excluding ortho intramolecular Hbond substituents is 1. The van der Waals surface area contributed by atoms with E-state index < -0.39 is 15.7 Å². The van der Waals surface area contributed by atoms with Crippen molar-refractivity contribution in [2.24, 2.45) is 0 Å². The lowest BCUT2D eigenvalue weighted by Gasteiger charge is -2.34. The number of allylic oxidation sites excluding steroid dienone is 1. The fourth-order valence-corrected chi connectivity index (χ4v) is 5.98. The molecule has 5 rings (SSSR count). The van der Waals surface area contributed by atoms with Crippen LogP contribution in [0.4, 0.5) is 0 Å². The standard InChI is InChI=1S/C30H30O6S/c1-17(2)22-15-24-20(23-16-26-21(28(31)27(22)23)13-14-30(4,5)35-26)11-12-25(29(24)34-6)36-37(32,33)19-9-7-18(3)8-10-19/h7-14,16,22,31H,1,15H2,2-6H3/t22-/m1/s1. The van der Waals surface area contributed by atoms with Crippen molar-refractivity contribution in [3.05, 3.63) is 82.9 Å². The Labute approximate surface area is 218 Å². The highest BCUT2D eigenvalue weighted by Crippen LogP contribution is 2.54. The molecule has 192 valence electrons. The second kappa shape index (κ2) is 8.70. The predicted octanol–water partition coefficient (Wildman–Crippen LogP) is 6.54. The number of aromatic hydroxyl groups is 1. The summed E-state index contributed by atoms with van der Waals surface area (Å²) in [4.78, 5) is 0.0624. The number of phenols is 1. The van der Waals surface area contributed by atoms with Crippen LogP contribution in [0.2, 0.25) is 0 Å². The lowest BCUT2D eigenvalue weighted by atomic mass is 9.74. The number of hydrogen-bond acceptors (Lipinski definition) is 6. The first-order valence-corrected chi connectivity index (χ1v) is 13.5. The first-order valence-electron chi connectivity index (χ1n) is 12.1. The molecule has 3 aromatic carbocycles. The number of hydrogen-bond donors (Lipinski definition) is 1. The van der Waals surface area contributed by atoms with E-state index >= 15 is 0 Å². The van der Waals surface area contributed by atoms with Gasteiger partial charge >= 0.3 is 10.1 Å². The van der Waals surface area contributed by atoms with Crippen LogP contribution < -0.4 is 13.7 Å². The molecule has 0 saturated carbocycles. The van der Waals surface area contributed by atoms with Crippen LogP contribution in [-0.4, -0.2) is 26.2 Å². The van der Waals surface area contributed by atoms with E-state index in [0.29, 0.717) is 23.5 Å². The van der Waals surface area contributed by atoms with Crippen LogP contribution in [0.25, 0.3) is 17.2 Å². The third-order valence-corrected chi connectivity index (χ3v) is 8.19. The van der Waals surface area contributed by atoms with E-state index in [4.69, 9.17) is 13.7 Å². The Morgan fingerprint density at radius 2 is 1.84 bits per heavy atom. The molecule has 0 saturated heterocycles. The van der Waals surface area contributed by atoms with E-state index in [-0.39, 0.29) is 22.3 Å². The maximum absolute atomic E-state index is 13.0. The molecule has 6 nitrogen and oxygen atoms in total. The number of aryl methyl sites for hydroxylation is 1. The van der Waals surface area contributed by atoms with Gasteiger partial charge in [0.05, 0.1) is 12.7 Å². The Morgan fingerprint density at radius 1 is 1.14 bits per heavy atom. The molecule has 0 fully saturated rings. The minimum absolute atomic E-state index is 0.0624. The summed E-state index contributed by atoms with van der Waals surface area (Å²) in [7, 11) is -2.58. The van der Waals surface area contributed by atoms with E-state index in [9.17, 15) is 13.5 Å². The van der Waals surface area contributed by atoms with Gasteiger partial charge < -0.3 is 18.8 Å². The molecule has 1 heterocycles. The maximum Gasteiger partial charge on any atom is 0.339 e. The van der Waals surface area contributed by atoms with Crippen LogP contribution in [-0.2, 0) is 16.5 Å². The maximum atomic E-state index is 13.0. The topological polar surface area (TPSA) is 82.1 Å². The summed E-state index contributed by atoms with van der Waals surface area (Å²) in [6, 6.07) is 11.8. The first kappa shape index (κ1) is 25.0. The van der Waals surface area contributed by atoms with E-state index in [2.05, 4.69) is 6.58 Å². The highest BCUT2D eigenvalue weighted by Gasteiger charge is 2.35. The zero-order chi connectivity index (χ0) is 26.7. The number of benzene rings is 3. The van der Waals surface area contributed by atoms with Crippen molar-refractivity contribution in [2.45, 2.75) is 50.5 Å². The number of ether oxygens (including phenoxy) is 2. The monoisotopic (exact) mass is 518 g/mol. The highest BCUT2D eigenvalue weighted by atomic mass is 32.2. The van der Waals surface area contributed by atoms with E-state index in [1.165, 1.54) is 19.2 Å². The summed E-state index contributed by atoms with van der Waals surface area (Å²) in [5.74, 6) is 0.975. The molecular formula is C30H30O6S. The molecular weight excluding hydrogens is 488 g/mol. The number of methoxy groups -OCH3 is 1. The SMILES string of the molecule is C=C(C)[C@H]1Cc2c(ccc(OS(=O)(=O)c3ccc(C)cc3)c2OC)-c2cc3c(c(O)c21)C=CC(C)(C)O3. The summed E-state index contributed by atoms with van der Waals surface area (Å²) < 4.78 is 43.6. The molecule has 1 aliphatic heterocycles. The summed E-state index contributed by atoms with van der Waals surface area (Å²) in [5.41, 5.74) is 5.11. The van der Waals surface area contributed by atoms with Gasteiger partial charge in [-0.15, -0.1) is 0 Å². The second-order valence-corrected chi connectivity index (χ2v) is 11.8. The molecule has 0 amide bonds. The highest BCUT2D eigenvalue weighted by molar-refractivity contribution is 7.87. The van der Waals surface area contributed by atoms with Crippen molar-refractivity contribution in [2.75, 3.05) is 7.11 Å². The van der Waals surface area contributed by atoms with Crippen molar-refractivity contribution in [1.29, 1.82) is 0 Å². The van der Waals surface area contributed by atoms with Crippen molar-refractivity contribution in [1.82, 2.24) is 0 Å². The fraction of sp³-hybridized carbons (Fsp3) is 0.267. The Hall–Kier alpha value is -3.71. The largest absolute Gasteiger partial charge is 0.507 e. The molecule has 1 atom stereocenters. The number of fused-ring (bicyclic) bond motifs is 4. The van der Waals surface area contributed by atoms with Crippen LogP contribution in [0.3, 0.4) is 0 Å². The van der Waals surface area contributed by atoms with Crippen molar-refractivity contribution >= 4 is 16.2 Å². The lowest BCUT2D eigenvalue weighted by Crippen LogP contribution is -2.28. The Bertz CT molecular complexity index is 1560. The van der Waals surface area contributed by atoms with Gasteiger partial charge in [-0.2, -0.15) is 8.42 Å². The minimum Gasteiger partial charge on any atom is -0.507 e. The molecule has 37 heavy (non-hydrogen) atoms. The smallest absolute Gasteiger partial charge is 0.339 e. The normalized spacial score (nSPS) is 17.2. The van der Waals surface area contributed by atoms with E-state index in [1.807, 2.05) is 45.9 Å². The Balaban J connectivity index is 1.67. The Morgan fingerprint density at radius 3 is 2.49 bits per heavy atom. The lowest BCUT2D eigenvalue weighted by molar-refractivity contribution is 0.158. The van der Waals surface area contributed by atoms with Crippen molar-refractivity contribution in [3.63, 3.8) is 0 Å². The molecule has 0 aromatic heterocycles. The summed E-state index contributed by atoms with van der Waals surface area (Å²) in [6.45, 7) is 11.9. The average Bonchev–Trinajstić information content (AvgIpc) is 2.82. The van der Waals surface area contributed by atoms with Crippen molar-refractivity contribution < 1.29 is 27.2 Å². The summed E-state index contributed by atoms with van der Waals surface area (Å²) >= 11 is 0. The van der Waals surface area contributed by atoms with Gasteiger partial charge in [0.25, 0.3) is 0 Å². The molecule has 2 aliphatic rings. The van der Waals surface area contributed by atoms with Crippen LogP contribution in [0.5, 0.6) is 23.0 Å². The molecule has 1 N–H and O–H groups in total. The fourth-order valence-electron chi connectivity index (χ4n) is 5.05. The van der Waals surface area contributed by atoms with Gasteiger partial charge in [-0.3, -0.25) is 0 Å². The average molecular weight is 519 g/mol. The third kappa shape index (κ3) is 4.27.